The third-order valence-corrected chi connectivity index (χ3v) is 4.35. The van der Waals surface area contributed by atoms with E-state index >= 15 is 0 Å². The molecule has 0 radical (unpaired) electrons. The van der Waals surface area contributed by atoms with Crippen LogP contribution in [-0.4, -0.2) is 51.6 Å². The van der Waals surface area contributed by atoms with Crippen LogP contribution < -0.4 is 10.5 Å². The van der Waals surface area contributed by atoms with Gasteiger partial charge in [-0.3, -0.25) is 14.7 Å². The number of amides is 2. The Morgan fingerprint density at radius 3 is 2.68 bits per heavy atom. The largest absolute Gasteiger partial charge is 0.478 e. The van der Waals surface area contributed by atoms with Crippen molar-refractivity contribution in [3.63, 3.8) is 0 Å². The van der Waals surface area contributed by atoms with Crippen molar-refractivity contribution in [3.8, 4) is 5.88 Å². The summed E-state index contributed by atoms with van der Waals surface area (Å²) in [6.45, 7) is 3.71. The Bertz CT molecular complexity index is 748. The molecule has 1 aliphatic rings. The highest BCUT2D eigenvalue weighted by molar-refractivity contribution is 5.94. The maximum Gasteiger partial charge on any atom is 0.269 e. The number of likely N-dealkylation sites (tertiary alicyclic amines) is 1. The summed E-state index contributed by atoms with van der Waals surface area (Å²) in [4.78, 5) is 29.7. The SMILES string of the molecule is CCOc1ccc(C(=O)N2CCC(c3cc(C(N)=O)n[nH]3)CC2)cn1. The van der Waals surface area contributed by atoms with Gasteiger partial charge in [-0.15, -0.1) is 0 Å². The van der Waals surface area contributed by atoms with Gasteiger partial charge in [0.1, 0.15) is 5.69 Å². The second kappa shape index (κ2) is 7.33. The predicted octanol–water partition coefficient (Wildman–Crippen LogP) is 1.32. The van der Waals surface area contributed by atoms with Crippen LogP contribution in [-0.2, 0) is 0 Å². The molecule has 8 heteroatoms. The first-order valence-electron chi connectivity index (χ1n) is 8.31. The van der Waals surface area contributed by atoms with Crippen LogP contribution in [0.1, 0.15) is 52.2 Å². The summed E-state index contributed by atoms with van der Waals surface area (Å²) in [5.41, 5.74) is 6.91. The van der Waals surface area contributed by atoms with Crippen LogP contribution in [0.4, 0.5) is 0 Å². The zero-order valence-electron chi connectivity index (χ0n) is 14.1. The molecule has 0 atom stereocenters. The van der Waals surface area contributed by atoms with Gasteiger partial charge in [0.15, 0.2) is 0 Å². The van der Waals surface area contributed by atoms with Gasteiger partial charge in [0.05, 0.1) is 12.2 Å². The third-order valence-electron chi connectivity index (χ3n) is 4.35. The van der Waals surface area contributed by atoms with Gasteiger partial charge in [-0.25, -0.2) is 4.98 Å². The fourth-order valence-corrected chi connectivity index (χ4v) is 2.99. The van der Waals surface area contributed by atoms with Gasteiger partial charge in [0.25, 0.3) is 11.8 Å². The molecule has 0 spiro atoms. The first kappa shape index (κ1) is 16.9. The molecule has 0 saturated carbocycles. The fourth-order valence-electron chi connectivity index (χ4n) is 2.99. The van der Waals surface area contributed by atoms with Crippen molar-refractivity contribution in [2.45, 2.75) is 25.7 Å². The molecule has 0 bridgehead atoms. The van der Waals surface area contributed by atoms with E-state index in [1.54, 1.807) is 24.4 Å². The summed E-state index contributed by atoms with van der Waals surface area (Å²) in [5, 5.41) is 6.79. The number of hydrogen-bond donors (Lipinski definition) is 2. The molecule has 2 aromatic rings. The minimum atomic E-state index is -0.543. The highest BCUT2D eigenvalue weighted by Crippen LogP contribution is 2.27. The maximum absolute atomic E-state index is 12.6. The van der Waals surface area contributed by atoms with Crippen molar-refractivity contribution < 1.29 is 14.3 Å². The summed E-state index contributed by atoms with van der Waals surface area (Å²) in [7, 11) is 0. The van der Waals surface area contributed by atoms with E-state index in [1.807, 2.05) is 11.8 Å². The average Bonchev–Trinajstić information content (AvgIpc) is 3.13. The number of aromatic nitrogens is 3. The van der Waals surface area contributed by atoms with Crippen LogP contribution in [0, 0.1) is 0 Å². The number of nitrogens with two attached hydrogens (primary N) is 1. The van der Waals surface area contributed by atoms with E-state index in [0.717, 1.165) is 18.5 Å². The molecule has 3 heterocycles. The lowest BCUT2D eigenvalue weighted by Crippen LogP contribution is -2.38. The standard InChI is InChI=1S/C17H21N5O3/c1-2-25-15-4-3-12(10-19-15)17(24)22-7-5-11(6-8-22)13-9-14(16(18)23)21-20-13/h3-4,9-11H,2,5-8H2,1H3,(H2,18,23)(H,20,21). The van der Waals surface area contributed by atoms with Crippen molar-refractivity contribution in [1.29, 1.82) is 0 Å². The highest BCUT2D eigenvalue weighted by Gasteiger charge is 2.26. The number of pyridine rings is 1. The normalized spacial score (nSPS) is 15.2. The second-order valence-corrected chi connectivity index (χ2v) is 5.96. The van der Waals surface area contributed by atoms with Gasteiger partial charge in [-0.2, -0.15) is 5.10 Å². The van der Waals surface area contributed by atoms with Gasteiger partial charge >= 0.3 is 0 Å². The van der Waals surface area contributed by atoms with Gasteiger partial charge in [-0.1, -0.05) is 0 Å². The van der Waals surface area contributed by atoms with Crippen LogP contribution in [0.3, 0.4) is 0 Å². The molecule has 0 aliphatic carbocycles. The Labute approximate surface area is 145 Å². The molecule has 1 aliphatic heterocycles. The van der Waals surface area contributed by atoms with Crippen LogP contribution in [0.25, 0.3) is 0 Å². The zero-order chi connectivity index (χ0) is 17.8. The number of carbonyl (C=O) groups excluding carboxylic acids is 2. The number of carbonyl (C=O) groups is 2. The summed E-state index contributed by atoms with van der Waals surface area (Å²) >= 11 is 0. The average molecular weight is 343 g/mol. The molecule has 1 fully saturated rings. The number of primary amides is 1. The topological polar surface area (TPSA) is 114 Å². The first-order valence-corrected chi connectivity index (χ1v) is 8.31. The summed E-state index contributed by atoms with van der Waals surface area (Å²) < 4.78 is 5.29. The fraction of sp³-hybridized carbons (Fsp3) is 0.412. The van der Waals surface area contributed by atoms with E-state index in [-0.39, 0.29) is 17.5 Å². The number of nitrogens with zero attached hydrogens (tertiary/aromatic N) is 3. The van der Waals surface area contributed by atoms with Crippen molar-refractivity contribution in [2.24, 2.45) is 5.73 Å². The number of rotatable bonds is 5. The molecule has 25 heavy (non-hydrogen) atoms. The molecule has 1 saturated heterocycles. The smallest absolute Gasteiger partial charge is 0.269 e. The van der Waals surface area contributed by atoms with Crippen molar-refractivity contribution in [3.05, 3.63) is 41.3 Å². The van der Waals surface area contributed by atoms with Crippen LogP contribution >= 0.6 is 0 Å². The number of hydrogen-bond acceptors (Lipinski definition) is 5. The van der Waals surface area contributed by atoms with E-state index in [9.17, 15) is 9.59 Å². The Morgan fingerprint density at radius 2 is 2.12 bits per heavy atom. The first-order chi connectivity index (χ1) is 12.1. The quantitative estimate of drug-likeness (QED) is 0.850. The van der Waals surface area contributed by atoms with E-state index in [1.165, 1.54) is 0 Å². The minimum absolute atomic E-state index is 0.0311. The number of piperidine rings is 1. The summed E-state index contributed by atoms with van der Waals surface area (Å²) in [6, 6.07) is 5.14. The van der Waals surface area contributed by atoms with E-state index in [0.29, 0.717) is 31.1 Å². The van der Waals surface area contributed by atoms with Crippen LogP contribution in [0.5, 0.6) is 5.88 Å². The number of ether oxygens (including phenoxy) is 1. The Morgan fingerprint density at radius 1 is 1.36 bits per heavy atom. The molecule has 0 unspecified atom stereocenters. The lowest BCUT2D eigenvalue weighted by molar-refractivity contribution is 0.0711. The monoisotopic (exact) mass is 343 g/mol. The van der Waals surface area contributed by atoms with Gasteiger partial charge in [-0.05, 0) is 31.9 Å². The predicted molar refractivity (Wildman–Crippen MR) is 90.4 cm³/mol. The molecule has 3 rings (SSSR count). The Hall–Kier alpha value is -2.90. The highest BCUT2D eigenvalue weighted by atomic mass is 16.5. The molecule has 3 N–H and O–H groups in total. The van der Waals surface area contributed by atoms with Crippen LogP contribution in [0.2, 0.25) is 0 Å². The molecular weight excluding hydrogens is 322 g/mol. The third kappa shape index (κ3) is 3.78. The number of nitrogens with one attached hydrogen (secondary N) is 1. The lowest BCUT2D eigenvalue weighted by atomic mass is 9.93. The molecule has 2 amide bonds. The molecule has 132 valence electrons. The van der Waals surface area contributed by atoms with Crippen molar-refractivity contribution >= 4 is 11.8 Å². The van der Waals surface area contributed by atoms with Crippen LogP contribution in [0.15, 0.2) is 24.4 Å². The molecule has 2 aromatic heterocycles. The van der Waals surface area contributed by atoms with Gasteiger partial charge in [0.2, 0.25) is 5.88 Å². The van der Waals surface area contributed by atoms with E-state index in [4.69, 9.17) is 10.5 Å². The maximum atomic E-state index is 12.6. The minimum Gasteiger partial charge on any atom is -0.478 e. The number of H-pyrrole nitrogens is 1. The summed E-state index contributed by atoms with van der Waals surface area (Å²) in [5.74, 6) is 0.180. The molecule has 0 aromatic carbocycles. The van der Waals surface area contributed by atoms with Crippen molar-refractivity contribution in [1.82, 2.24) is 20.1 Å². The summed E-state index contributed by atoms with van der Waals surface area (Å²) in [6.07, 6.45) is 3.15. The molecular formula is C17H21N5O3. The Balaban J connectivity index is 1.59. The number of aromatic amines is 1. The van der Waals surface area contributed by atoms with E-state index < -0.39 is 5.91 Å². The molecule has 8 nitrogen and oxygen atoms in total. The van der Waals surface area contributed by atoms with E-state index in [2.05, 4.69) is 15.2 Å². The van der Waals surface area contributed by atoms with Gasteiger partial charge in [0, 0.05) is 37.0 Å². The zero-order valence-corrected chi connectivity index (χ0v) is 14.1. The lowest BCUT2D eigenvalue weighted by Gasteiger charge is -2.31. The second-order valence-electron chi connectivity index (χ2n) is 5.96. The van der Waals surface area contributed by atoms with Crippen molar-refractivity contribution in [2.75, 3.05) is 19.7 Å². The Kier molecular flexibility index (Phi) is 4.97. The van der Waals surface area contributed by atoms with Gasteiger partial charge < -0.3 is 15.4 Å².